The molecule has 1 saturated carbocycles. The van der Waals surface area contributed by atoms with Crippen LogP contribution < -0.4 is 5.32 Å². The molecule has 1 aliphatic carbocycles. The van der Waals surface area contributed by atoms with Crippen LogP contribution in [0.25, 0.3) is 0 Å². The van der Waals surface area contributed by atoms with Gasteiger partial charge in [-0.1, -0.05) is 18.9 Å². The summed E-state index contributed by atoms with van der Waals surface area (Å²) in [6, 6.07) is 5.86. The van der Waals surface area contributed by atoms with E-state index in [1.54, 1.807) is 6.20 Å². The molecule has 1 aliphatic rings. The largest absolute Gasteiger partial charge is 0.396 e. The summed E-state index contributed by atoms with van der Waals surface area (Å²) < 4.78 is 0. The maximum absolute atomic E-state index is 9.51. The molecule has 4 heteroatoms. The van der Waals surface area contributed by atoms with Crippen molar-refractivity contribution in [2.45, 2.75) is 32.2 Å². The van der Waals surface area contributed by atoms with Gasteiger partial charge in [-0.25, -0.2) is 4.98 Å². The van der Waals surface area contributed by atoms with E-state index in [9.17, 15) is 5.11 Å². The minimum absolute atomic E-state index is 0.0506. The van der Waals surface area contributed by atoms with Crippen molar-refractivity contribution in [2.24, 2.45) is 5.41 Å². The van der Waals surface area contributed by atoms with Crippen LogP contribution in [0.5, 0.6) is 0 Å². The smallest absolute Gasteiger partial charge is 0.144 e. The highest BCUT2D eigenvalue weighted by atomic mass is 16.3. The van der Waals surface area contributed by atoms with Crippen molar-refractivity contribution in [3.8, 4) is 6.07 Å². The monoisotopic (exact) mass is 245 g/mol. The Hall–Kier alpha value is -1.44. The topological polar surface area (TPSA) is 68.9 Å². The predicted octanol–water partition coefficient (Wildman–Crippen LogP) is 1.60. The molecule has 0 aromatic carbocycles. The van der Waals surface area contributed by atoms with Gasteiger partial charge in [0.2, 0.25) is 0 Å². The highest BCUT2D eigenvalue weighted by molar-refractivity contribution is 5.30. The first-order chi connectivity index (χ1) is 8.79. The molecule has 0 unspecified atom stereocenters. The van der Waals surface area contributed by atoms with Crippen LogP contribution in [0, 0.1) is 16.7 Å². The molecule has 18 heavy (non-hydrogen) atoms. The number of hydrogen-bond donors (Lipinski definition) is 2. The maximum Gasteiger partial charge on any atom is 0.144 e. The van der Waals surface area contributed by atoms with Gasteiger partial charge in [0.05, 0.1) is 0 Å². The maximum atomic E-state index is 9.51. The van der Waals surface area contributed by atoms with Gasteiger partial charge in [0, 0.05) is 36.9 Å². The Bertz CT molecular complexity index is 433. The SMILES string of the molecule is N#Cc1ncccc1CNCC1(CO)CCCC1. The van der Waals surface area contributed by atoms with Crippen molar-refractivity contribution in [3.05, 3.63) is 29.6 Å². The van der Waals surface area contributed by atoms with Crippen LogP contribution in [0.4, 0.5) is 0 Å². The number of aliphatic hydroxyl groups excluding tert-OH is 1. The summed E-state index contributed by atoms with van der Waals surface area (Å²) in [5, 5.41) is 21.8. The Balaban J connectivity index is 1.90. The second-order valence-corrected chi connectivity index (χ2v) is 5.09. The summed E-state index contributed by atoms with van der Waals surface area (Å²) >= 11 is 0. The highest BCUT2D eigenvalue weighted by Crippen LogP contribution is 2.36. The van der Waals surface area contributed by atoms with E-state index in [-0.39, 0.29) is 12.0 Å². The second kappa shape index (κ2) is 5.94. The zero-order valence-corrected chi connectivity index (χ0v) is 10.5. The summed E-state index contributed by atoms with van der Waals surface area (Å²) in [7, 11) is 0. The Kier molecular flexibility index (Phi) is 4.29. The van der Waals surface area contributed by atoms with Gasteiger partial charge in [0.25, 0.3) is 0 Å². The van der Waals surface area contributed by atoms with E-state index >= 15 is 0 Å². The molecule has 1 heterocycles. The normalized spacial score (nSPS) is 17.6. The third-order valence-electron chi connectivity index (χ3n) is 3.81. The van der Waals surface area contributed by atoms with Crippen LogP contribution >= 0.6 is 0 Å². The van der Waals surface area contributed by atoms with Gasteiger partial charge in [-0.05, 0) is 18.9 Å². The van der Waals surface area contributed by atoms with E-state index in [1.807, 2.05) is 12.1 Å². The number of nitrogens with zero attached hydrogens (tertiary/aromatic N) is 2. The lowest BCUT2D eigenvalue weighted by molar-refractivity contribution is 0.128. The van der Waals surface area contributed by atoms with Gasteiger partial charge in [-0.3, -0.25) is 0 Å². The van der Waals surface area contributed by atoms with Gasteiger partial charge >= 0.3 is 0 Å². The number of pyridine rings is 1. The number of nitrogens with one attached hydrogen (secondary N) is 1. The lowest BCUT2D eigenvalue weighted by Crippen LogP contribution is -2.35. The molecule has 0 saturated heterocycles. The summed E-state index contributed by atoms with van der Waals surface area (Å²) in [5.41, 5.74) is 1.45. The molecule has 1 fully saturated rings. The van der Waals surface area contributed by atoms with E-state index < -0.39 is 0 Å². The third kappa shape index (κ3) is 2.87. The first-order valence-corrected chi connectivity index (χ1v) is 6.45. The molecule has 96 valence electrons. The third-order valence-corrected chi connectivity index (χ3v) is 3.81. The molecule has 1 aromatic rings. The molecule has 0 radical (unpaired) electrons. The van der Waals surface area contributed by atoms with Crippen molar-refractivity contribution in [1.29, 1.82) is 5.26 Å². The highest BCUT2D eigenvalue weighted by Gasteiger charge is 2.32. The first kappa shape index (κ1) is 13.0. The fraction of sp³-hybridized carbons (Fsp3) is 0.571. The van der Waals surface area contributed by atoms with Gasteiger partial charge in [0.1, 0.15) is 11.8 Å². The minimum atomic E-state index is 0.0506. The van der Waals surface area contributed by atoms with Crippen LogP contribution in [-0.4, -0.2) is 23.2 Å². The first-order valence-electron chi connectivity index (χ1n) is 6.45. The Morgan fingerprint density at radius 2 is 2.22 bits per heavy atom. The summed E-state index contributed by atoms with van der Waals surface area (Å²) in [4.78, 5) is 4.03. The van der Waals surface area contributed by atoms with E-state index in [1.165, 1.54) is 12.8 Å². The Morgan fingerprint density at radius 1 is 1.44 bits per heavy atom. The zero-order valence-electron chi connectivity index (χ0n) is 10.5. The van der Waals surface area contributed by atoms with Gasteiger partial charge < -0.3 is 10.4 Å². The zero-order chi connectivity index (χ0) is 12.8. The van der Waals surface area contributed by atoms with Gasteiger partial charge in [-0.2, -0.15) is 5.26 Å². The van der Waals surface area contributed by atoms with Crippen LogP contribution in [-0.2, 0) is 6.54 Å². The fourth-order valence-electron chi connectivity index (χ4n) is 2.66. The lowest BCUT2D eigenvalue weighted by atomic mass is 9.87. The number of hydrogen-bond acceptors (Lipinski definition) is 4. The van der Waals surface area contributed by atoms with Crippen molar-refractivity contribution in [2.75, 3.05) is 13.2 Å². The van der Waals surface area contributed by atoms with Gasteiger partial charge in [0.15, 0.2) is 0 Å². The summed E-state index contributed by atoms with van der Waals surface area (Å²) in [6.45, 7) is 1.69. The Labute approximate surface area is 108 Å². The molecular weight excluding hydrogens is 226 g/mol. The van der Waals surface area contributed by atoms with Crippen molar-refractivity contribution < 1.29 is 5.11 Å². The van der Waals surface area contributed by atoms with Crippen molar-refractivity contribution in [3.63, 3.8) is 0 Å². The molecule has 0 spiro atoms. The lowest BCUT2D eigenvalue weighted by Gasteiger charge is -2.26. The number of aromatic nitrogens is 1. The average molecular weight is 245 g/mol. The predicted molar refractivity (Wildman–Crippen MR) is 68.6 cm³/mol. The quantitative estimate of drug-likeness (QED) is 0.826. The molecule has 0 bridgehead atoms. The van der Waals surface area contributed by atoms with Gasteiger partial charge in [-0.15, -0.1) is 0 Å². The molecular formula is C14H19N3O. The summed E-state index contributed by atoms with van der Waals surface area (Å²) in [6.07, 6.45) is 6.23. The van der Waals surface area contributed by atoms with Crippen molar-refractivity contribution in [1.82, 2.24) is 10.3 Å². The minimum Gasteiger partial charge on any atom is -0.396 e. The summed E-state index contributed by atoms with van der Waals surface area (Å²) in [5.74, 6) is 0. The van der Waals surface area contributed by atoms with E-state index in [4.69, 9.17) is 5.26 Å². The molecule has 0 atom stereocenters. The standard InChI is InChI=1S/C14H19N3O/c15-8-13-12(4-3-7-17-13)9-16-10-14(11-18)5-1-2-6-14/h3-4,7,16,18H,1-2,5-6,9-11H2. The molecule has 0 aliphatic heterocycles. The van der Waals surface area contributed by atoms with Crippen LogP contribution in [0.15, 0.2) is 18.3 Å². The Morgan fingerprint density at radius 3 is 2.89 bits per heavy atom. The number of nitriles is 1. The van der Waals surface area contributed by atoms with Crippen LogP contribution in [0.2, 0.25) is 0 Å². The number of rotatable bonds is 5. The fourth-order valence-corrected chi connectivity index (χ4v) is 2.66. The van der Waals surface area contributed by atoms with E-state index in [2.05, 4.69) is 16.4 Å². The molecule has 2 rings (SSSR count). The molecule has 4 nitrogen and oxygen atoms in total. The van der Waals surface area contributed by atoms with E-state index in [0.717, 1.165) is 24.9 Å². The molecule has 1 aromatic heterocycles. The average Bonchev–Trinajstić information content (AvgIpc) is 2.89. The van der Waals surface area contributed by atoms with Crippen molar-refractivity contribution >= 4 is 0 Å². The molecule has 0 amide bonds. The van der Waals surface area contributed by atoms with Crippen LogP contribution in [0.3, 0.4) is 0 Å². The van der Waals surface area contributed by atoms with E-state index in [0.29, 0.717) is 12.2 Å². The number of aliphatic hydroxyl groups is 1. The van der Waals surface area contributed by atoms with Crippen LogP contribution in [0.1, 0.15) is 36.9 Å². The second-order valence-electron chi connectivity index (χ2n) is 5.09. The molecule has 2 N–H and O–H groups in total.